The van der Waals surface area contributed by atoms with Crippen molar-refractivity contribution in [1.82, 2.24) is 0 Å². The standard InChI is InChI=1S/C23H41NO3Si/c1-7-8-9-10-11-12-13-19-14-16-20(17-15-19)26-18-21(22(24)25)27-28(5,6)23(2,3)4/h14-17,21H,7-13,18H2,1-6H3,(H2,24,25). The summed E-state index contributed by atoms with van der Waals surface area (Å²) in [7, 11) is -2.09. The first-order valence-electron chi connectivity index (χ1n) is 10.8. The third-order valence-electron chi connectivity index (χ3n) is 5.70. The van der Waals surface area contributed by atoms with Crippen LogP contribution in [0, 0.1) is 0 Å². The van der Waals surface area contributed by atoms with Gasteiger partial charge in [0.1, 0.15) is 12.4 Å². The molecule has 1 amide bonds. The van der Waals surface area contributed by atoms with Gasteiger partial charge in [0.25, 0.3) is 0 Å². The third kappa shape index (κ3) is 8.78. The van der Waals surface area contributed by atoms with Gasteiger partial charge in [0.2, 0.25) is 5.91 Å². The number of carbonyl (C=O) groups excluding carboxylic acids is 1. The molecule has 0 saturated carbocycles. The van der Waals surface area contributed by atoms with Crippen molar-refractivity contribution in [2.45, 2.75) is 96.9 Å². The monoisotopic (exact) mass is 407 g/mol. The molecule has 1 aromatic rings. The molecule has 1 aromatic carbocycles. The van der Waals surface area contributed by atoms with E-state index in [0.29, 0.717) is 0 Å². The lowest BCUT2D eigenvalue weighted by molar-refractivity contribution is -0.126. The van der Waals surface area contributed by atoms with E-state index in [1.807, 2.05) is 12.1 Å². The SMILES string of the molecule is CCCCCCCCc1ccc(OCC(O[Si](C)(C)C(C)(C)C)C(N)=O)cc1. The summed E-state index contributed by atoms with van der Waals surface area (Å²) in [6, 6.07) is 8.15. The van der Waals surface area contributed by atoms with Gasteiger partial charge in [-0.25, -0.2) is 0 Å². The molecular weight excluding hydrogens is 366 g/mol. The fourth-order valence-electron chi connectivity index (χ4n) is 2.74. The van der Waals surface area contributed by atoms with Crippen molar-refractivity contribution in [2.75, 3.05) is 6.61 Å². The Balaban J connectivity index is 2.48. The number of nitrogens with two attached hydrogens (primary N) is 1. The molecule has 160 valence electrons. The maximum absolute atomic E-state index is 11.8. The molecule has 1 atom stereocenters. The highest BCUT2D eigenvalue weighted by molar-refractivity contribution is 6.74. The number of benzene rings is 1. The van der Waals surface area contributed by atoms with Gasteiger partial charge in [-0.05, 0) is 48.7 Å². The van der Waals surface area contributed by atoms with E-state index in [0.717, 1.165) is 12.2 Å². The van der Waals surface area contributed by atoms with Crippen molar-refractivity contribution in [3.63, 3.8) is 0 Å². The Labute approximate surface area is 173 Å². The van der Waals surface area contributed by atoms with Crippen LogP contribution in [0.25, 0.3) is 0 Å². The van der Waals surface area contributed by atoms with E-state index in [4.69, 9.17) is 14.9 Å². The summed E-state index contributed by atoms with van der Waals surface area (Å²) >= 11 is 0. The Bertz CT molecular complexity index is 579. The smallest absolute Gasteiger partial charge is 0.248 e. The minimum atomic E-state index is -2.09. The van der Waals surface area contributed by atoms with Gasteiger partial charge < -0.3 is 14.9 Å². The average molecular weight is 408 g/mol. The maximum atomic E-state index is 11.8. The molecule has 0 aliphatic rings. The van der Waals surface area contributed by atoms with E-state index >= 15 is 0 Å². The zero-order valence-electron chi connectivity index (χ0n) is 18.8. The Morgan fingerprint density at radius 2 is 1.61 bits per heavy atom. The molecule has 0 saturated heterocycles. The predicted molar refractivity (Wildman–Crippen MR) is 120 cm³/mol. The molecule has 0 aliphatic carbocycles. The lowest BCUT2D eigenvalue weighted by Gasteiger charge is -2.38. The quantitative estimate of drug-likeness (QED) is 0.330. The first-order chi connectivity index (χ1) is 13.1. The second-order valence-electron chi connectivity index (χ2n) is 9.24. The molecule has 4 nitrogen and oxygen atoms in total. The summed E-state index contributed by atoms with van der Waals surface area (Å²) < 4.78 is 12.0. The van der Waals surface area contributed by atoms with Crippen molar-refractivity contribution >= 4 is 14.2 Å². The van der Waals surface area contributed by atoms with E-state index in [9.17, 15) is 4.79 Å². The molecule has 0 radical (unpaired) electrons. The Kier molecular flexibility index (Phi) is 10.2. The van der Waals surface area contributed by atoms with Crippen molar-refractivity contribution in [1.29, 1.82) is 0 Å². The number of ether oxygens (including phenoxy) is 1. The van der Waals surface area contributed by atoms with Gasteiger partial charge >= 0.3 is 0 Å². The normalized spacial score (nSPS) is 13.4. The number of primary amides is 1. The van der Waals surface area contributed by atoms with Crippen molar-refractivity contribution in [2.24, 2.45) is 5.73 Å². The van der Waals surface area contributed by atoms with E-state index in [2.05, 4.69) is 52.9 Å². The molecule has 0 heterocycles. The molecule has 5 heteroatoms. The van der Waals surface area contributed by atoms with Crippen LogP contribution >= 0.6 is 0 Å². The topological polar surface area (TPSA) is 61.6 Å². The number of hydrogen-bond acceptors (Lipinski definition) is 3. The second kappa shape index (κ2) is 11.6. The van der Waals surface area contributed by atoms with Gasteiger partial charge in [-0.2, -0.15) is 0 Å². The summed E-state index contributed by atoms with van der Waals surface area (Å²) in [6.45, 7) is 13.0. The van der Waals surface area contributed by atoms with Crippen LogP contribution in [0.3, 0.4) is 0 Å². The number of amides is 1. The molecule has 1 unspecified atom stereocenters. The fourth-order valence-corrected chi connectivity index (χ4v) is 3.99. The lowest BCUT2D eigenvalue weighted by Crippen LogP contribution is -2.49. The molecule has 0 bridgehead atoms. The highest BCUT2D eigenvalue weighted by Crippen LogP contribution is 2.37. The van der Waals surface area contributed by atoms with Gasteiger partial charge in [0.15, 0.2) is 14.4 Å². The first kappa shape index (κ1) is 24.7. The van der Waals surface area contributed by atoms with Crippen LogP contribution in [0.2, 0.25) is 18.1 Å². The van der Waals surface area contributed by atoms with Crippen LogP contribution in [-0.4, -0.2) is 26.9 Å². The molecule has 0 aliphatic heterocycles. The van der Waals surface area contributed by atoms with Gasteiger partial charge in [-0.1, -0.05) is 71.9 Å². The van der Waals surface area contributed by atoms with E-state index in [1.54, 1.807) is 0 Å². The number of carbonyl (C=O) groups is 1. The summed E-state index contributed by atoms with van der Waals surface area (Å²) in [4.78, 5) is 11.8. The summed E-state index contributed by atoms with van der Waals surface area (Å²) in [6.07, 6.45) is 8.22. The first-order valence-corrected chi connectivity index (χ1v) is 13.7. The molecule has 0 aromatic heterocycles. The van der Waals surface area contributed by atoms with Crippen LogP contribution in [0.15, 0.2) is 24.3 Å². The second-order valence-corrected chi connectivity index (χ2v) is 14.0. The average Bonchev–Trinajstić information content (AvgIpc) is 2.61. The minimum Gasteiger partial charge on any atom is -0.490 e. The fraction of sp³-hybridized carbons (Fsp3) is 0.696. The summed E-state index contributed by atoms with van der Waals surface area (Å²) in [5.74, 6) is 0.279. The predicted octanol–water partition coefficient (Wildman–Crippen LogP) is 5.84. The Morgan fingerprint density at radius 3 is 2.14 bits per heavy atom. The highest BCUT2D eigenvalue weighted by Gasteiger charge is 2.40. The van der Waals surface area contributed by atoms with Crippen LogP contribution < -0.4 is 10.5 Å². The van der Waals surface area contributed by atoms with Gasteiger partial charge in [0, 0.05) is 0 Å². The lowest BCUT2D eigenvalue weighted by atomic mass is 10.0. The molecule has 1 rings (SSSR count). The van der Waals surface area contributed by atoms with Crippen molar-refractivity contribution in [3.8, 4) is 5.75 Å². The minimum absolute atomic E-state index is 0.0128. The number of rotatable bonds is 13. The van der Waals surface area contributed by atoms with Gasteiger partial charge in [-0.3, -0.25) is 4.79 Å². The molecule has 0 fully saturated rings. The van der Waals surface area contributed by atoms with Crippen LogP contribution in [0.1, 0.15) is 71.8 Å². The van der Waals surface area contributed by atoms with E-state index in [1.165, 1.54) is 44.1 Å². The van der Waals surface area contributed by atoms with E-state index < -0.39 is 20.3 Å². The summed E-state index contributed by atoms with van der Waals surface area (Å²) in [5, 5.41) is 0.0128. The molecule has 28 heavy (non-hydrogen) atoms. The Hall–Kier alpha value is -1.33. The van der Waals surface area contributed by atoms with Gasteiger partial charge in [0.05, 0.1) is 0 Å². The van der Waals surface area contributed by atoms with Crippen LogP contribution in [0.5, 0.6) is 5.75 Å². The van der Waals surface area contributed by atoms with E-state index in [-0.39, 0.29) is 11.6 Å². The van der Waals surface area contributed by atoms with Gasteiger partial charge in [-0.15, -0.1) is 0 Å². The molecule has 2 N–H and O–H groups in total. The largest absolute Gasteiger partial charge is 0.490 e. The van der Waals surface area contributed by atoms with Crippen molar-refractivity contribution < 1.29 is 14.0 Å². The number of unbranched alkanes of at least 4 members (excludes halogenated alkanes) is 5. The van der Waals surface area contributed by atoms with Crippen molar-refractivity contribution in [3.05, 3.63) is 29.8 Å². The maximum Gasteiger partial charge on any atom is 0.248 e. The zero-order valence-corrected chi connectivity index (χ0v) is 19.8. The molecular formula is C23H41NO3Si. The number of hydrogen-bond donors (Lipinski definition) is 1. The third-order valence-corrected chi connectivity index (χ3v) is 10.2. The van der Waals surface area contributed by atoms with Crippen LogP contribution in [-0.2, 0) is 15.6 Å². The summed E-state index contributed by atoms with van der Waals surface area (Å²) in [5.41, 5.74) is 6.88. The zero-order chi connectivity index (χ0) is 21.2. The number of aryl methyl sites for hydroxylation is 1. The van der Waals surface area contributed by atoms with Crippen LogP contribution in [0.4, 0.5) is 0 Å². The molecule has 0 spiro atoms. The Morgan fingerprint density at radius 1 is 1.04 bits per heavy atom. The highest BCUT2D eigenvalue weighted by atomic mass is 28.4.